The summed E-state index contributed by atoms with van der Waals surface area (Å²) in [7, 11) is 1.63. The molecule has 0 radical (unpaired) electrons. The van der Waals surface area contributed by atoms with E-state index >= 15 is 0 Å². The number of nitrogens with zero attached hydrogens (tertiary/aromatic N) is 1. The number of ether oxygens (including phenoxy) is 1. The highest BCUT2D eigenvalue weighted by atomic mass is 16.5. The van der Waals surface area contributed by atoms with Gasteiger partial charge in [-0.15, -0.1) is 0 Å². The van der Waals surface area contributed by atoms with Gasteiger partial charge in [-0.25, -0.2) is 0 Å². The van der Waals surface area contributed by atoms with Crippen LogP contribution in [0.15, 0.2) is 41.3 Å². The molecule has 0 saturated heterocycles. The number of rotatable bonds is 7. The number of aliphatic hydroxyl groups is 1. The van der Waals surface area contributed by atoms with E-state index in [1.54, 1.807) is 23.9 Å². The molecule has 20 heavy (non-hydrogen) atoms. The predicted octanol–water partition coefficient (Wildman–Crippen LogP) is 0.598. The summed E-state index contributed by atoms with van der Waals surface area (Å²) < 4.78 is 6.46. The van der Waals surface area contributed by atoms with Gasteiger partial charge < -0.3 is 19.7 Å². The monoisotopic (exact) mass is 276 g/mol. The Morgan fingerprint density at radius 2 is 2.15 bits per heavy atom. The van der Waals surface area contributed by atoms with Gasteiger partial charge in [0.15, 0.2) is 0 Å². The van der Waals surface area contributed by atoms with E-state index in [9.17, 15) is 9.90 Å². The summed E-state index contributed by atoms with van der Waals surface area (Å²) >= 11 is 0. The van der Waals surface area contributed by atoms with E-state index in [4.69, 9.17) is 4.74 Å². The molecule has 1 atom stereocenters. The zero-order valence-electron chi connectivity index (χ0n) is 11.6. The van der Waals surface area contributed by atoms with Crippen LogP contribution >= 0.6 is 0 Å². The van der Waals surface area contributed by atoms with Gasteiger partial charge in [-0.05, 0) is 17.5 Å². The van der Waals surface area contributed by atoms with Crippen LogP contribution in [0.1, 0.15) is 0 Å². The largest absolute Gasteiger partial charge is 0.390 e. The lowest BCUT2D eigenvalue weighted by Crippen LogP contribution is -2.34. The van der Waals surface area contributed by atoms with Crippen molar-refractivity contribution >= 4 is 10.8 Å². The second-order valence-electron chi connectivity index (χ2n) is 4.71. The van der Waals surface area contributed by atoms with Crippen molar-refractivity contribution in [3.8, 4) is 0 Å². The molecule has 2 N–H and O–H groups in total. The Labute approximate surface area is 117 Å². The summed E-state index contributed by atoms with van der Waals surface area (Å²) in [5, 5.41) is 14.6. The van der Waals surface area contributed by atoms with E-state index in [1.807, 2.05) is 24.3 Å². The number of hydrogen-bond donors (Lipinski definition) is 2. The number of methoxy groups -OCH3 is 1. The van der Waals surface area contributed by atoms with Gasteiger partial charge in [0.2, 0.25) is 0 Å². The van der Waals surface area contributed by atoms with Crippen molar-refractivity contribution < 1.29 is 9.84 Å². The van der Waals surface area contributed by atoms with Crippen LogP contribution in [0.4, 0.5) is 0 Å². The SMILES string of the molecule is COCCNCC(O)Cn1ccc2ccccc2c1=O. The fourth-order valence-corrected chi connectivity index (χ4v) is 2.11. The molecule has 1 aromatic carbocycles. The summed E-state index contributed by atoms with van der Waals surface area (Å²) in [6.07, 6.45) is 1.12. The van der Waals surface area contributed by atoms with Crippen molar-refractivity contribution in [3.63, 3.8) is 0 Å². The molecule has 0 bridgehead atoms. The minimum Gasteiger partial charge on any atom is -0.390 e. The molecule has 0 amide bonds. The minimum absolute atomic E-state index is 0.0703. The van der Waals surface area contributed by atoms with Crippen LogP contribution < -0.4 is 10.9 Å². The van der Waals surface area contributed by atoms with Crippen molar-refractivity contribution in [1.29, 1.82) is 0 Å². The van der Waals surface area contributed by atoms with Gasteiger partial charge in [-0.2, -0.15) is 0 Å². The Balaban J connectivity index is 2.02. The molecule has 0 fully saturated rings. The third-order valence-electron chi connectivity index (χ3n) is 3.16. The molecule has 0 aliphatic rings. The fraction of sp³-hybridized carbons (Fsp3) is 0.400. The van der Waals surface area contributed by atoms with Crippen molar-refractivity contribution in [2.75, 3.05) is 26.8 Å². The first-order chi connectivity index (χ1) is 9.72. The van der Waals surface area contributed by atoms with Crippen LogP contribution in [0, 0.1) is 0 Å². The molecule has 1 heterocycles. The number of benzene rings is 1. The topological polar surface area (TPSA) is 63.5 Å². The summed E-state index contributed by atoms with van der Waals surface area (Å²) in [5.74, 6) is 0. The third kappa shape index (κ3) is 3.66. The molecule has 1 aromatic heterocycles. The zero-order chi connectivity index (χ0) is 14.4. The molecule has 2 aromatic rings. The van der Waals surface area contributed by atoms with E-state index in [-0.39, 0.29) is 12.1 Å². The lowest BCUT2D eigenvalue weighted by atomic mass is 10.2. The maximum Gasteiger partial charge on any atom is 0.258 e. The molecule has 2 rings (SSSR count). The molecule has 1 unspecified atom stereocenters. The molecule has 5 nitrogen and oxygen atoms in total. The summed E-state index contributed by atoms with van der Waals surface area (Å²) in [5.41, 5.74) is -0.0703. The average Bonchev–Trinajstić information content (AvgIpc) is 2.47. The molecule has 5 heteroatoms. The summed E-state index contributed by atoms with van der Waals surface area (Å²) in [6.45, 7) is 2.00. The number of pyridine rings is 1. The van der Waals surface area contributed by atoms with Gasteiger partial charge >= 0.3 is 0 Å². The molecule has 0 spiro atoms. The van der Waals surface area contributed by atoms with E-state index in [0.29, 0.717) is 25.1 Å². The van der Waals surface area contributed by atoms with Gasteiger partial charge in [0.1, 0.15) is 0 Å². The van der Waals surface area contributed by atoms with Gasteiger partial charge in [-0.3, -0.25) is 4.79 Å². The van der Waals surface area contributed by atoms with Gasteiger partial charge in [0, 0.05) is 31.8 Å². The molecule has 0 saturated carbocycles. The smallest absolute Gasteiger partial charge is 0.258 e. The average molecular weight is 276 g/mol. The van der Waals surface area contributed by atoms with Gasteiger partial charge in [0.05, 0.1) is 19.3 Å². The first-order valence-corrected chi connectivity index (χ1v) is 6.68. The first-order valence-electron chi connectivity index (χ1n) is 6.68. The van der Waals surface area contributed by atoms with Crippen molar-refractivity contribution in [3.05, 3.63) is 46.9 Å². The molecular weight excluding hydrogens is 256 g/mol. The minimum atomic E-state index is -0.606. The molecular formula is C15H20N2O3. The number of aliphatic hydroxyl groups excluding tert-OH is 1. The van der Waals surface area contributed by atoms with Crippen LogP contribution in [0.5, 0.6) is 0 Å². The van der Waals surface area contributed by atoms with Crippen LogP contribution in [0.2, 0.25) is 0 Å². The molecule has 0 aliphatic carbocycles. The standard InChI is InChI=1S/C15H20N2O3/c1-20-9-7-16-10-13(18)11-17-8-6-12-4-2-3-5-14(12)15(17)19/h2-6,8,13,16,18H,7,9-11H2,1H3. The number of nitrogens with one attached hydrogen (secondary N) is 1. The summed E-state index contributed by atoms with van der Waals surface area (Å²) in [4.78, 5) is 12.3. The maximum absolute atomic E-state index is 12.3. The van der Waals surface area contributed by atoms with Gasteiger partial charge in [-0.1, -0.05) is 18.2 Å². The zero-order valence-corrected chi connectivity index (χ0v) is 11.6. The summed E-state index contributed by atoms with van der Waals surface area (Å²) in [6, 6.07) is 9.35. The van der Waals surface area contributed by atoms with Crippen LogP contribution in [0.3, 0.4) is 0 Å². The van der Waals surface area contributed by atoms with E-state index < -0.39 is 6.10 Å². The molecule has 108 valence electrons. The number of hydrogen-bond acceptors (Lipinski definition) is 4. The Bertz CT molecular complexity index is 609. The van der Waals surface area contributed by atoms with Crippen molar-refractivity contribution in [2.24, 2.45) is 0 Å². The van der Waals surface area contributed by atoms with E-state index in [0.717, 1.165) is 5.39 Å². The highest BCUT2D eigenvalue weighted by molar-refractivity contribution is 5.81. The number of aromatic nitrogens is 1. The van der Waals surface area contributed by atoms with Crippen molar-refractivity contribution in [1.82, 2.24) is 9.88 Å². The van der Waals surface area contributed by atoms with Crippen LogP contribution in [-0.2, 0) is 11.3 Å². The normalized spacial score (nSPS) is 12.7. The number of fused-ring (bicyclic) bond motifs is 1. The Hall–Kier alpha value is -1.69. The second-order valence-corrected chi connectivity index (χ2v) is 4.71. The molecule has 0 aliphatic heterocycles. The van der Waals surface area contributed by atoms with Crippen LogP contribution in [-0.4, -0.2) is 42.6 Å². The van der Waals surface area contributed by atoms with E-state index in [2.05, 4.69) is 5.32 Å². The fourth-order valence-electron chi connectivity index (χ4n) is 2.11. The Morgan fingerprint density at radius 3 is 2.95 bits per heavy atom. The quantitative estimate of drug-likeness (QED) is 0.727. The first kappa shape index (κ1) is 14.7. The Kier molecular flexibility index (Phi) is 5.29. The lowest BCUT2D eigenvalue weighted by molar-refractivity contribution is 0.143. The maximum atomic E-state index is 12.3. The van der Waals surface area contributed by atoms with E-state index in [1.165, 1.54) is 0 Å². The van der Waals surface area contributed by atoms with Crippen LogP contribution in [0.25, 0.3) is 10.8 Å². The van der Waals surface area contributed by atoms with Crippen molar-refractivity contribution in [2.45, 2.75) is 12.6 Å². The predicted molar refractivity (Wildman–Crippen MR) is 79.0 cm³/mol. The third-order valence-corrected chi connectivity index (χ3v) is 3.16. The second kappa shape index (κ2) is 7.19. The van der Waals surface area contributed by atoms with Gasteiger partial charge in [0.25, 0.3) is 5.56 Å². The highest BCUT2D eigenvalue weighted by Gasteiger charge is 2.07. The Morgan fingerprint density at radius 1 is 1.35 bits per heavy atom. The lowest BCUT2D eigenvalue weighted by Gasteiger charge is -2.14. The highest BCUT2D eigenvalue weighted by Crippen LogP contribution is 2.08.